The maximum absolute atomic E-state index is 11.1. The molecule has 94 valence electrons. The summed E-state index contributed by atoms with van der Waals surface area (Å²) in [4.78, 5) is 21.2. The summed E-state index contributed by atoms with van der Waals surface area (Å²) in [6.07, 6.45) is 6.55. The maximum Gasteiger partial charge on any atom is 0.326 e. The van der Waals surface area contributed by atoms with Crippen LogP contribution in [0.5, 0.6) is 0 Å². The predicted octanol–water partition coefficient (Wildman–Crippen LogP) is 0.777. The van der Waals surface area contributed by atoms with Gasteiger partial charge in [0.2, 0.25) is 11.1 Å². The molecule has 0 saturated carbocycles. The van der Waals surface area contributed by atoms with Crippen LogP contribution in [0.15, 0.2) is 18.7 Å². The number of nitrogens with zero attached hydrogens (tertiary/aromatic N) is 5. The summed E-state index contributed by atoms with van der Waals surface area (Å²) < 4.78 is 5.92. The lowest BCUT2D eigenvalue weighted by Gasteiger charge is -2.19. The summed E-state index contributed by atoms with van der Waals surface area (Å²) in [5, 5.41) is 9.79. The van der Waals surface area contributed by atoms with Gasteiger partial charge in [0.15, 0.2) is 0 Å². The molecular weight excluding hydrogens is 254 g/mol. The van der Waals surface area contributed by atoms with Crippen LogP contribution >= 0.6 is 11.5 Å². The molecule has 2 aromatic heterocycles. The molecule has 1 aliphatic rings. The van der Waals surface area contributed by atoms with Gasteiger partial charge in [-0.2, -0.15) is 9.36 Å². The molecule has 8 heteroatoms. The number of hydrogen-bond donors (Lipinski definition) is 1. The second-order valence-electron chi connectivity index (χ2n) is 4.04. The highest BCUT2D eigenvalue weighted by Crippen LogP contribution is 2.27. The highest BCUT2D eigenvalue weighted by Gasteiger charge is 2.32. The van der Waals surface area contributed by atoms with E-state index >= 15 is 0 Å². The Kier molecular flexibility index (Phi) is 2.71. The zero-order chi connectivity index (χ0) is 12.5. The van der Waals surface area contributed by atoms with Crippen LogP contribution in [-0.2, 0) is 4.79 Å². The molecule has 1 N–H and O–H groups in total. The van der Waals surface area contributed by atoms with E-state index in [1.54, 1.807) is 28.2 Å². The normalized spacial score (nSPS) is 19.3. The molecular formula is C10H11N5O2S. The number of aliphatic carboxylic acids is 1. The van der Waals surface area contributed by atoms with Crippen molar-refractivity contribution in [1.29, 1.82) is 0 Å². The van der Waals surface area contributed by atoms with Crippen molar-refractivity contribution >= 4 is 22.6 Å². The van der Waals surface area contributed by atoms with E-state index in [0.717, 1.165) is 13.0 Å². The maximum atomic E-state index is 11.1. The number of anilines is 1. The van der Waals surface area contributed by atoms with Crippen LogP contribution in [0.1, 0.15) is 12.8 Å². The standard InChI is InChI=1S/C10H11N5O2S/c16-8(17)7-2-1-4-15(7)10-12-9(13-18-10)14-5-3-11-6-14/h3,5-7H,1-2,4H2,(H,16,17)/t7-/m1/s1. The number of carbonyl (C=O) groups is 1. The second-order valence-corrected chi connectivity index (χ2v) is 4.77. The van der Waals surface area contributed by atoms with E-state index < -0.39 is 12.0 Å². The average molecular weight is 265 g/mol. The van der Waals surface area contributed by atoms with Crippen LogP contribution in [0.4, 0.5) is 5.13 Å². The van der Waals surface area contributed by atoms with Gasteiger partial charge in [-0.15, -0.1) is 0 Å². The van der Waals surface area contributed by atoms with E-state index in [1.165, 1.54) is 11.5 Å². The first-order valence-corrected chi connectivity index (χ1v) is 6.34. The van der Waals surface area contributed by atoms with E-state index in [-0.39, 0.29) is 0 Å². The molecule has 0 aliphatic carbocycles. The van der Waals surface area contributed by atoms with Crippen LogP contribution in [-0.4, -0.2) is 42.6 Å². The fraction of sp³-hybridized carbons (Fsp3) is 0.400. The van der Waals surface area contributed by atoms with Crippen molar-refractivity contribution in [2.75, 3.05) is 11.4 Å². The fourth-order valence-corrected chi connectivity index (χ4v) is 2.80. The Labute approximate surface area is 107 Å². The van der Waals surface area contributed by atoms with Crippen molar-refractivity contribution in [3.63, 3.8) is 0 Å². The van der Waals surface area contributed by atoms with E-state index in [4.69, 9.17) is 5.11 Å². The lowest BCUT2D eigenvalue weighted by atomic mass is 10.2. The number of carboxylic acids is 1. The molecule has 0 radical (unpaired) electrons. The molecule has 0 aromatic carbocycles. The molecule has 3 rings (SSSR count). The van der Waals surface area contributed by atoms with Crippen molar-refractivity contribution in [1.82, 2.24) is 18.9 Å². The average Bonchev–Trinajstić information content (AvgIpc) is 3.10. The Balaban J connectivity index is 1.87. The Morgan fingerprint density at radius 2 is 2.44 bits per heavy atom. The van der Waals surface area contributed by atoms with Gasteiger partial charge in [0.1, 0.15) is 12.4 Å². The van der Waals surface area contributed by atoms with Gasteiger partial charge in [-0.25, -0.2) is 9.78 Å². The third-order valence-corrected chi connectivity index (χ3v) is 3.67. The summed E-state index contributed by atoms with van der Waals surface area (Å²) in [5.41, 5.74) is 0. The molecule has 0 unspecified atom stereocenters. The number of carboxylic acid groups (broad SMARTS) is 1. The molecule has 0 bridgehead atoms. The third kappa shape index (κ3) is 1.84. The lowest BCUT2D eigenvalue weighted by Crippen LogP contribution is -2.35. The highest BCUT2D eigenvalue weighted by atomic mass is 32.1. The minimum atomic E-state index is -0.799. The molecule has 1 saturated heterocycles. The minimum absolute atomic E-state index is 0.478. The number of rotatable bonds is 3. The number of hydrogen-bond acceptors (Lipinski definition) is 6. The largest absolute Gasteiger partial charge is 0.480 e. The van der Waals surface area contributed by atoms with Crippen LogP contribution in [0.25, 0.3) is 5.95 Å². The van der Waals surface area contributed by atoms with E-state index in [2.05, 4.69) is 14.3 Å². The van der Waals surface area contributed by atoms with Crippen LogP contribution in [0, 0.1) is 0 Å². The van der Waals surface area contributed by atoms with E-state index in [0.29, 0.717) is 17.5 Å². The molecule has 3 heterocycles. The van der Waals surface area contributed by atoms with Gasteiger partial charge in [-0.1, -0.05) is 0 Å². The predicted molar refractivity (Wildman–Crippen MR) is 65.0 cm³/mol. The van der Waals surface area contributed by atoms with Gasteiger partial charge in [0, 0.05) is 30.5 Å². The first kappa shape index (κ1) is 11.1. The van der Waals surface area contributed by atoms with Crippen LogP contribution in [0.2, 0.25) is 0 Å². The summed E-state index contributed by atoms with van der Waals surface area (Å²) >= 11 is 1.22. The monoisotopic (exact) mass is 265 g/mol. The molecule has 7 nitrogen and oxygen atoms in total. The minimum Gasteiger partial charge on any atom is -0.480 e. The van der Waals surface area contributed by atoms with Crippen molar-refractivity contribution < 1.29 is 9.90 Å². The van der Waals surface area contributed by atoms with Gasteiger partial charge >= 0.3 is 5.97 Å². The zero-order valence-corrected chi connectivity index (χ0v) is 10.2. The number of aromatic nitrogens is 4. The van der Waals surface area contributed by atoms with Crippen molar-refractivity contribution in [2.45, 2.75) is 18.9 Å². The molecule has 2 aromatic rings. The first-order chi connectivity index (χ1) is 8.75. The second kappa shape index (κ2) is 4.37. The quantitative estimate of drug-likeness (QED) is 0.882. The highest BCUT2D eigenvalue weighted by molar-refractivity contribution is 7.09. The van der Waals surface area contributed by atoms with E-state index in [1.807, 2.05) is 0 Å². The topological polar surface area (TPSA) is 84.1 Å². The van der Waals surface area contributed by atoms with Gasteiger partial charge in [-0.05, 0) is 12.8 Å². The van der Waals surface area contributed by atoms with Crippen molar-refractivity contribution in [3.05, 3.63) is 18.7 Å². The molecule has 18 heavy (non-hydrogen) atoms. The third-order valence-electron chi connectivity index (χ3n) is 2.92. The Hall–Kier alpha value is -1.96. The summed E-state index contributed by atoms with van der Waals surface area (Å²) in [7, 11) is 0. The Bertz CT molecular complexity index is 552. The SMILES string of the molecule is O=C(O)[C@H]1CCCN1c1nc(-n2ccnc2)ns1. The lowest BCUT2D eigenvalue weighted by molar-refractivity contribution is -0.138. The fourth-order valence-electron chi connectivity index (χ4n) is 2.06. The molecule has 0 amide bonds. The number of imidazole rings is 1. The van der Waals surface area contributed by atoms with Gasteiger partial charge in [0.25, 0.3) is 0 Å². The van der Waals surface area contributed by atoms with Gasteiger partial charge in [0.05, 0.1) is 0 Å². The zero-order valence-electron chi connectivity index (χ0n) is 9.43. The molecule has 1 aliphatic heterocycles. The van der Waals surface area contributed by atoms with E-state index in [9.17, 15) is 4.79 Å². The summed E-state index contributed by atoms with van der Waals surface area (Å²) in [6, 6.07) is -0.478. The van der Waals surface area contributed by atoms with Crippen molar-refractivity contribution in [2.24, 2.45) is 0 Å². The van der Waals surface area contributed by atoms with Crippen molar-refractivity contribution in [3.8, 4) is 5.95 Å². The summed E-state index contributed by atoms with van der Waals surface area (Å²) in [6.45, 7) is 0.718. The first-order valence-electron chi connectivity index (χ1n) is 5.57. The smallest absolute Gasteiger partial charge is 0.326 e. The summed E-state index contributed by atoms with van der Waals surface area (Å²) in [5.74, 6) is -0.268. The van der Waals surface area contributed by atoms with Crippen LogP contribution < -0.4 is 4.90 Å². The Morgan fingerprint density at radius 3 is 3.17 bits per heavy atom. The van der Waals surface area contributed by atoms with Crippen LogP contribution in [0.3, 0.4) is 0 Å². The molecule has 1 atom stereocenters. The van der Waals surface area contributed by atoms with Gasteiger partial charge < -0.3 is 10.0 Å². The molecule has 0 spiro atoms. The molecule has 1 fully saturated rings. The van der Waals surface area contributed by atoms with Gasteiger partial charge in [-0.3, -0.25) is 4.57 Å². The Morgan fingerprint density at radius 1 is 1.56 bits per heavy atom.